The van der Waals surface area contributed by atoms with Crippen LogP contribution in [-0.4, -0.2) is 0 Å². The summed E-state index contributed by atoms with van der Waals surface area (Å²) < 4.78 is 118. The summed E-state index contributed by atoms with van der Waals surface area (Å²) in [4.78, 5) is 0. The zero-order valence-corrected chi connectivity index (χ0v) is 20.0. The van der Waals surface area contributed by atoms with Crippen molar-refractivity contribution in [3.05, 3.63) is 108 Å². The molecule has 0 aliphatic rings. The van der Waals surface area contributed by atoms with Crippen LogP contribution in [0.5, 0.6) is 0 Å². The van der Waals surface area contributed by atoms with Crippen LogP contribution in [0.4, 0.5) is 39.5 Å². The zero-order chi connectivity index (χ0) is 28.5. The minimum Gasteiger partial charge on any atom is -0.166 e. The zero-order valence-electron chi connectivity index (χ0n) is 20.0. The van der Waals surface area contributed by atoms with Crippen molar-refractivity contribution in [2.45, 2.75) is 37.8 Å². The quantitative estimate of drug-likeness (QED) is 0.228. The number of alkyl halides is 9. The van der Waals surface area contributed by atoms with Crippen molar-refractivity contribution >= 4 is 0 Å². The van der Waals surface area contributed by atoms with Crippen LogP contribution in [0.25, 0.3) is 11.1 Å². The van der Waals surface area contributed by atoms with Crippen molar-refractivity contribution in [3.63, 3.8) is 0 Å². The molecule has 200 valence electrons. The second kappa shape index (κ2) is 10.8. The van der Waals surface area contributed by atoms with Crippen LogP contribution >= 0.6 is 0 Å². The highest BCUT2D eigenvalue weighted by molar-refractivity contribution is 5.67. The van der Waals surface area contributed by atoms with E-state index in [1.54, 1.807) is 12.1 Å². The molecular formula is C29H21F9. The molecule has 0 aliphatic heterocycles. The van der Waals surface area contributed by atoms with Gasteiger partial charge >= 0.3 is 18.5 Å². The molecule has 0 spiro atoms. The Hall–Kier alpha value is -3.41. The smallest absolute Gasteiger partial charge is 0.166 e. The lowest BCUT2D eigenvalue weighted by molar-refractivity contribution is -0.143. The summed E-state index contributed by atoms with van der Waals surface area (Å²) in [6, 6.07) is 10.2. The third-order valence-corrected chi connectivity index (χ3v) is 5.60. The standard InChI is InChI=1S/C29H21F9/c1-17(2)10-18(3)22-11-19(12-23(15-22)21-6-8-24(9-7-21)27(30,31)32)4-5-20-13-25(28(33,34)35)16-26(14-20)29(36,37)38/h6-9,11-18H,1,3,10H2,2H3. The monoisotopic (exact) mass is 540 g/mol. The molecule has 0 amide bonds. The van der Waals surface area contributed by atoms with Crippen molar-refractivity contribution in [1.29, 1.82) is 0 Å². The summed E-state index contributed by atoms with van der Waals surface area (Å²) in [5.74, 6) is 4.68. The summed E-state index contributed by atoms with van der Waals surface area (Å²) >= 11 is 0. The first-order chi connectivity index (χ1) is 17.4. The molecule has 2 radical (unpaired) electrons. The highest BCUT2D eigenvalue weighted by Gasteiger charge is 2.36. The molecule has 0 aromatic heterocycles. The Morgan fingerprint density at radius 3 is 1.53 bits per heavy atom. The number of hydrogen-bond acceptors (Lipinski definition) is 0. The van der Waals surface area contributed by atoms with Gasteiger partial charge in [0.2, 0.25) is 0 Å². The minimum absolute atomic E-state index is 0.00709. The Bertz CT molecular complexity index is 1300. The molecular weight excluding hydrogens is 519 g/mol. The van der Waals surface area contributed by atoms with Gasteiger partial charge in [-0.3, -0.25) is 0 Å². The third-order valence-electron chi connectivity index (χ3n) is 5.60. The number of halogens is 9. The summed E-state index contributed by atoms with van der Waals surface area (Å²) in [6.07, 6.45) is -14.0. The Morgan fingerprint density at radius 2 is 1.08 bits per heavy atom. The molecule has 0 fully saturated rings. The number of hydrogen-bond donors (Lipinski definition) is 0. The van der Waals surface area contributed by atoms with Gasteiger partial charge in [0, 0.05) is 11.1 Å². The third kappa shape index (κ3) is 7.56. The molecule has 0 saturated heterocycles. The second-order valence-corrected chi connectivity index (χ2v) is 9.00. The van der Waals surface area contributed by atoms with E-state index in [0.717, 1.165) is 12.1 Å². The number of benzene rings is 3. The summed E-state index contributed by atoms with van der Waals surface area (Å²) in [5, 5.41) is 0. The van der Waals surface area contributed by atoms with Crippen molar-refractivity contribution in [3.8, 4) is 23.0 Å². The molecule has 3 aromatic carbocycles. The summed E-state index contributed by atoms with van der Waals surface area (Å²) in [5.41, 5.74) is -2.55. The molecule has 2 atom stereocenters. The van der Waals surface area contributed by atoms with Gasteiger partial charge in [-0.1, -0.05) is 43.9 Å². The fourth-order valence-corrected chi connectivity index (χ4v) is 3.77. The Labute approximate surface area is 214 Å². The van der Waals surface area contributed by atoms with Gasteiger partial charge < -0.3 is 0 Å². The summed E-state index contributed by atoms with van der Waals surface area (Å²) in [6.45, 7) is 9.86. The molecule has 0 nitrogen and oxygen atoms in total. The van der Waals surface area contributed by atoms with E-state index in [9.17, 15) is 39.5 Å². The van der Waals surface area contributed by atoms with Gasteiger partial charge in [0.15, 0.2) is 0 Å². The van der Waals surface area contributed by atoms with E-state index in [1.165, 1.54) is 18.2 Å². The average molecular weight is 540 g/mol. The SMILES string of the molecule is [CH2]C(C)CC([CH2])c1cc(C#Cc2cc(C(F)(F)F)cc(C(F)(F)F)c2)cc(-c2ccc(C(F)(F)F)cc2)c1. The van der Waals surface area contributed by atoms with E-state index in [4.69, 9.17) is 0 Å². The predicted molar refractivity (Wildman–Crippen MR) is 127 cm³/mol. The predicted octanol–water partition coefficient (Wildman–Crippen LogP) is 9.59. The maximum atomic E-state index is 13.2. The van der Waals surface area contributed by atoms with Gasteiger partial charge in [0.1, 0.15) is 0 Å². The van der Waals surface area contributed by atoms with Crippen LogP contribution in [0, 0.1) is 31.6 Å². The van der Waals surface area contributed by atoms with Gasteiger partial charge in [-0.05, 0) is 84.3 Å². The highest BCUT2D eigenvalue weighted by atomic mass is 19.4. The Morgan fingerprint density at radius 1 is 0.605 bits per heavy atom. The van der Waals surface area contributed by atoms with E-state index in [1.807, 2.05) is 6.92 Å². The van der Waals surface area contributed by atoms with Crippen LogP contribution in [0.3, 0.4) is 0 Å². The molecule has 0 aliphatic carbocycles. The van der Waals surface area contributed by atoms with Gasteiger partial charge in [0.05, 0.1) is 16.7 Å². The lowest BCUT2D eigenvalue weighted by Crippen LogP contribution is -2.11. The second-order valence-electron chi connectivity index (χ2n) is 9.00. The van der Waals surface area contributed by atoms with Crippen molar-refractivity contribution in [1.82, 2.24) is 0 Å². The molecule has 3 aromatic rings. The van der Waals surface area contributed by atoms with E-state index in [2.05, 4.69) is 25.7 Å². The largest absolute Gasteiger partial charge is 0.416 e. The first kappa shape index (κ1) is 29.2. The molecule has 38 heavy (non-hydrogen) atoms. The van der Waals surface area contributed by atoms with E-state index in [0.29, 0.717) is 35.2 Å². The molecule has 3 rings (SSSR count). The molecule has 9 heteroatoms. The van der Waals surface area contributed by atoms with Crippen LogP contribution < -0.4 is 0 Å². The minimum atomic E-state index is -5.01. The first-order valence-corrected chi connectivity index (χ1v) is 11.2. The van der Waals surface area contributed by atoms with E-state index >= 15 is 0 Å². The van der Waals surface area contributed by atoms with Crippen LogP contribution in [0.1, 0.15) is 52.6 Å². The fraction of sp³-hybridized carbons (Fsp3) is 0.241. The van der Waals surface area contributed by atoms with Crippen LogP contribution in [-0.2, 0) is 18.5 Å². The topological polar surface area (TPSA) is 0 Å². The fourth-order valence-electron chi connectivity index (χ4n) is 3.77. The number of rotatable bonds is 4. The molecule has 2 unspecified atom stereocenters. The summed E-state index contributed by atoms with van der Waals surface area (Å²) in [7, 11) is 0. The van der Waals surface area contributed by atoms with Gasteiger partial charge in [-0.25, -0.2) is 0 Å². The van der Waals surface area contributed by atoms with E-state index < -0.39 is 40.8 Å². The van der Waals surface area contributed by atoms with Crippen molar-refractivity contribution in [2.75, 3.05) is 0 Å². The van der Waals surface area contributed by atoms with Gasteiger partial charge in [0.25, 0.3) is 0 Å². The first-order valence-electron chi connectivity index (χ1n) is 11.2. The van der Waals surface area contributed by atoms with Crippen molar-refractivity contribution < 1.29 is 39.5 Å². The van der Waals surface area contributed by atoms with E-state index in [-0.39, 0.29) is 23.5 Å². The maximum absolute atomic E-state index is 13.2. The molecule has 0 bridgehead atoms. The lowest BCUT2D eigenvalue weighted by Gasteiger charge is -2.16. The van der Waals surface area contributed by atoms with Gasteiger partial charge in [-0.2, -0.15) is 39.5 Å². The molecule has 0 saturated carbocycles. The van der Waals surface area contributed by atoms with Crippen LogP contribution in [0.15, 0.2) is 60.7 Å². The highest BCUT2D eigenvalue weighted by Crippen LogP contribution is 2.37. The van der Waals surface area contributed by atoms with Gasteiger partial charge in [-0.15, -0.1) is 0 Å². The molecule has 0 N–H and O–H groups in total. The van der Waals surface area contributed by atoms with Crippen LogP contribution in [0.2, 0.25) is 0 Å². The maximum Gasteiger partial charge on any atom is 0.416 e. The Balaban J connectivity index is 2.12. The Kier molecular flexibility index (Phi) is 8.25. The normalized spacial score (nSPS) is 13.3. The average Bonchev–Trinajstić information content (AvgIpc) is 2.80. The van der Waals surface area contributed by atoms with Crippen molar-refractivity contribution in [2.24, 2.45) is 5.92 Å². The lowest BCUT2D eigenvalue weighted by atomic mass is 9.88. The molecule has 0 heterocycles.